The Morgan fingerprint density at radius 2 is 1.76 bits per heavy atom. The molecule has 4 rings (SSSR count). The molecule has 1 saturated heterocycles. The van der Waals surface area contributed by atoms with E-state index in [1.165, 1.54) is 18.2 Å². The van der Waals surface area contributed by atoms with Crippen molar-refractivity contribution < 1.29 is 18.0 Å². The van der Waals surface area contributed by atoms with E-state index in [1.807, 2.05) is 6.07 Å². The molecule has 3 heterocycles. The van der Waals surface area contributed by atoms with Crippen LogP contribution < -0.4 is 14.9 Å². The Balaban J connectivity index is 1.48. The molecule has 0 unspecified atom stereocenters. The average Bonchev–Trinajstić information content (AvgIpc) is 3.01. The van der Waals surface area contributed by atoms with Gasteiger partial charge in [0, 0.05) is 38.9 Å². The van der Waals surface area contributed by atoms with E-state index in [4.69, 9.17) is 0 Å². The van der Waals surface area contributed by atoms with Gasteiger partial charge < -0.3 is 9.80 Å². The fourth-order valence-corrected chi connectivity index (χ4v) is 4.40. The van der Waals surface area contributed by atoms with E-state index in [2.05, 4.69) is 31.9 Å². The van der Waals surface area contributed by atoms with E-state index >= 15 is 0 Å². The van der Waals surface area contributed by atoms with Crippen molar-refractivity contribution in [2.24, 2.45) is 0 Å². The van der Waals surface area contributed by atoms with Crippen LogP contribution in [0.1, 0.15) is 26.3 Å². The van der Waals surface area contributed by atoms with Crippen LogP contribution in [0, 0.1) is 0 Å². The maximum Gasteiger partial charge on any atom is 0.258 e. The number of carbonyl (C=O) groups excluding carboxylic acids is 2. The second-order valence-electron chi connectivity index (χ2n) is 7.13. The number of piperazine rings is 1. The second kappa shape index (κ2) is 7.54. The number of hydrogen-bond donors (Lipinski definition) is 2. The van der Waals surface area contributed by atoms with Gasteiger partial charge in [-0.15, -0.1) is 0 Å². The second-order valence-corrected chi connectivity index (χ2v) is 8.89. The minimum atomic E-state index is -3.85. The number of nitrogens with zero attached hydrogens (tertiary/aromatic N) is 3. The largest absolute Gasteiger partial charge is 0.354 e. The van der Waals surface area contributed by atoms with Crippen molar-refractivity contribution in [2.45, 2.75) is 11.4 Å². The van der Waals surface area contributed by atoms with Gasteiger partial charge in [-0.25, -0.2) is 18.1 Å². The predicted molar refractivity (Wildman–Crippen MR) is 106 cm³/mol. The van der Waals surface area contributed by atoms with Gasteiger partial charge in [0.2, 0.25) is 10.0 Å². The molecule has 1 aromatic heterocycles. The zero-order valence-electron chi connectivity index (χ0n) is 15.9. The molecule has 0 spiro atoms. The lowest BCUT2D eigenvalue weighted by molar-refractivity contribution is 0.0879. The van der Waals surface area contributed by atoms with Crippen LogP contribution in [0.2, 0.25) is 0 Å². The van der Waals surface area contributed by atoms with Gasteiger partial charge in [-0.3, -0.25) is 14.9 Å². The van der Waals surface area contributed by atoms with Crippen LogP contribution in [-0.4, -0.2) is 63.3 Å². The SMILES string of the molecule is CN1CCN(c2cc(CNS(=O)(=O)c3ccc4c(c3)C(=O)NC4=O)ccn2)CC1. The first-order valence-electron chi connectivity index (χ1n) is 9.21. The van der Waals surface area contributed by atoms with E-state index in [-0.39, 0.29) is 22.6 Å². The third-order valence-corrected chi connectivity index (χ3v) is 6.52. The van der Waals surface area contributed by atoms with Gasteiger partial charge in [-0.05, 0) is 42.9 Å². The van der Waals surface area contributed by atoms with Crippen molar-refractivity contribution in [3.63, 3.8) is 0 Å². The number of fused-ring (bicyclic) bond motifs is 1. The molecule has 0 bridgehead atoms. The summed E-state index contributed by atoms with van der Waals surface area (Å²) in [7, 11) is -1.77. The number of benzene rings is 1. The van der Waals surface area contributed by atoms with Gasteiger partial charge in [-0.1, -0.05) is 0 Å². The zero-order valence-corrected chi connectivity index (χ0v) is 16.7. The van der Waals surface area contributed by atoms with Crippen molar-refractivity contribution in [1.29, 1.82) is 0 Å². The molecule has 2 aliphatic heterocycles. The highest BCUT2D eigenvalue weighted by Crippen LogP contribution is 2.21. The fourth-order valence-electron chi connectivity index (χ4n) is 3.35. The minimum Gasteiger partial charge on any atom is -0.354 e. The van der Waals surface area contributed by atoms with Crippen LogP contribution in [0.5, 0.6) is 0 Å². The van der Waals surface area contributed by atoms with Crippen molar-refractivity contribution in [3.05, 3.63) is 53.2 Å². The molecular weight excluding hydrogens is 394 g/mol. The monoisotopic (exact) mass is 415 g/mol. The number of sulfonamides is 1. The number of likely N-dealkylation sites (N-methyl/N-ethyl adjacent to an activating group) is 1. The third-order valence-electron chi connectivity index (χ3n) is 5.12. The molecule has 0 saturated carbocycles. The number of pyridine rings is 1. The number of anilines is 1. The lowest BCUT2D eigenvalue weighted by atomic mass is 10.1. The lowest BCUT2D eigenvalue weighted by Crippen LogP contribution is -2.44. The highest BCUT2D eigenvalue weighted by molar-refractivity contribution is 7.89. The molecule has 2 aliphatic rings. The summed E-state index contributed by atoms with van der Waals surface area (Å²) < 4.78 is 27.9. The molecule has 29 heavy (non-hydrogen) atoms. The highest BCUT2D eigenvalue weighted by atomic mass is 32.2. The van der Waals surface area contributed by atoms with Crippen LogP contribution in [0.25, 0.3) is 0 Å². The first-order valence-corrected chi connectivity index (χ1v) is 10.7. The maximum absolute atomic E-state index is 12.7. The molecule has 10 heteroatoms. The number of nitrogens with one attached hydrogen (secondary N) is 2. The number of amides is 2. The topological polar surface area (TPSA) is 112 Å². The van der Waals surface area contributed by atoms with E-state index in [9.17, 15) is 18.0 Å². The van der Waals surface area contributed by atoms with Crippen LogP contribution in [0.15, 0.2) is 41.4 Å². The Kier molecular flexibility index (Phi) is 5.07. The van der Waals surface area contributed by atoms with E-state index in [0.29, 0.717) is 0 Å². The summed E-state index contributed by atoms with van der Waals surface area (Å²) in [4.78, 5) is 32.2. The Labute approximate surface area is 168 Å². The van der Waals surface area contributed by atoms with Crippen molar-refractivity contribution in [3.8, 4) is 0 Å². The minimum absolute atomic E-state index is 0.0607. The summed E-state index contributed by atoms with van der Waals surface area (Å²) >= 11 is 0. The summed E-state index contributed by atoms with van der Waals surface area (Å²) in [6.45, 7) is 3.73. The van der Waals surface area contributed by atoms with Crippen LogP contribution >= 0.6 is 0 Å². The Hall–Kier alpha value is -2.82. The summed E-state index contributed by atoms with van der Waals surface area (Å²) in [5.41, 5.74) is 1.03. The van der Waals surface area contributed by atoms with Crippen LogP contribution in [0.4, 0.5) is 5.82 Å². The molecular formula is C19H21N5O4S. The normalized spacial score (nSPS) is 17.3. The summed E-state index contributed by atoms with van der Waals surface area (Å²) in [5.74, 6) is -0.286. The van der Waals surface area contributed by atoms with E-state index in [1.54, 1.807) is 12.3 Å². The highest BCUT2D eigenvalue weighted by Gasteiger charge is 2.28. The summed E-state index contributed by atoms with van der Waals surface area (Å²) in [6, 6.07) is 7.53. The Morgan fingerprint density at radius 1 is 1.03 bits per heavy atom. The number of carbonyl (C=O) groups is 2. The average molecular weight is 415 g/mol. The quantitative estimate of drug-likeness (QED) is 0.671. The smallest absolute Gasteiger partial charge is 0.258 e. The van der Waals surface area contributed by atoms with Gasteiger partial charge >= 0.3 is 0 Å². The standard InChI is InChI=1S/C19H21N5O4S/c1-23-6-8-24(9-7-23)17-10-13(4-5-20-17)12-21-29(27,28)14-2-3-15-16(11-14)19(26)22-18(15)25/h2-5,10-11,21H,6-9,12H2,1H3,(H,22,25,26). The molecule has 0 radical (unpaired) electrons. The van der Waals surface area contributed by atoms with E-state index in [0.717, 1.165) is 37.6 Å². The van der Waals surface area contributed by atoms with Gasteiger partial charge in [0.25, 0.3) is 11.8 Å². The first-order chi connectivity index (χ1) is 13.8. The summed E-state index contributed by atoms with van der Waals surface area (Å²) in [6.07, 6.45) is 1.67. The van der Waals surface area contributed by atoms with E-state index < -0.39 is 21.8 Å². The van der Waals surface area contributed by atoms with Gasteiger partial charge in [-0.2, -0.15) is 0 Å². The van der Waals surface area contributed by atoms with Crippen LogP contribution in [-0.2, 0) is 16.6 Å². The molecule has 2 amide bonds. The van der Waals surface area contributed by atoms with Gasteiger partial charge in [0.15, 0.2) is 0 Å². The molecule has 1 aromatic carbocycles. The number of aromatic nitrogens is 1. The lowest BCUT2D eigenvalue weighted by Gasteiger charge is -2.33. The molecule has 1 fully saturated rings. The third kappa shape index (κ3) is 4.00. The Bertz CT molecular complexity index is 1080. The number of rotatable bonds is 5. The summed E-state index contributed by atoms with van der Waals surface area (Å²) in [5, 5.41) is 2.15. The zero-order chi connectivity index (χ0) is 20.6. The number of hydrogen-bond acceptors (Lipinski definition) is 7. The Morgan fingerprint density at radius 3 is 2.52 bits per heavy atom. The molecule has 152 valence electrons. The maximum atomic E-state index is 12.7. The van der Waals surface area contributed by atoms with Gasteiger partial charge in [0.05, 0.1) is 16.0 Å². The first kappa shape index (κ1) is 19.5. The molecule has 0 aliphatic carbocycles. The molecule has 9 nitrogen and oxygen atoms in total. The molecule has 0 atom stereocenters. The van der Waals surface area contributed by atoms with Crippen molar-refractivity contribution >= 4 is 27.7 Å². The fraction of sp³-hybridized carbons (Fsp3) is 0.316. The van der Waals surface area contributed by atoms with Crippen LogP contribution in [0.3, 0.4) is 0 Å². The molecule has 2 aromatic rings. The van der Waals surface area contributed by atoms with Gasteiger partial charge in [0.1, 0.15) is 5.82 Å². The number of imide groups is 1. The predicted octanol–water partition coefficient (Wildman–Crippen LogP) is 0.196. The molecule has 2 N–H and O–H groups in total. The van der Waals surface area contributed by atoms with Crippen molar-refractivity contribution in [1.82, 2.24) is 19.9 Å². The van der Waals surface area contributed by atoms with Crippen molar-refractivity contribution in [2.75, 3.05) is 38.1 Å².